The van der Waals surface area contributed by atoms with Crippen LogP contribution in [0.4, 0.5) is 17.1 Å². The lowest BCUT2D eigenvalue weighted by atomic mass is 9.99. The summed E-state index contributed by atoms with van der Waals surface area (Å²) in [5, 5.41) is 3.64. The summed E-state index contributed by atoms with van der Waals surface area (Å²) in [6.45, 7) is 1.49. The van der Waals surface area contributed by atoms with Crippen molar-refractivity contribution in [2.24, 2.45) is 0 Å². The number of nitrogens with zero attached hydrogens (tertiary/aromatic N) is 2. The number of anilines is 3. The van der Waals surface area contributed by atoms with E-state index >= 15 is 0 Å². The van der Waals surface area contributed by atoms with Crippen LogP contribution < -0.4 is 16.0 Å². The Labute approximate surface area is 219 Å². The maximum Gasteiger partial charge on any atom is 0.267 e. The second kappa shape index (κ2) is 9.87. The lowest BCUT2D eigenvalue weighted by Gasteiger charge is -2.14. The number of nitrogen functional groups attached to an aromatic ring is 1. The second-order valence-corrected chi connectivity index (χ2v) is 9.98. The fourth-order valence-corrected chi connectivity index (χ4v) is 5.23. The number of pyridine rings is 1. The summed E-state index contributed by atoms with van der Waals surface area (Å²) >= 11 is 1.26. The lowest BCUT2D eigenvalue weighted by Crippen LogP contribution is -2.12. The molecule has 0 fully saturated rings. The van der Waals surface area contributed by atoms with Gasteiger partial charge in [-0.15, -0.1) is 11.3 Å². The van der Waals surface area contributed by atoms with E-state index in [0.717, 1.165) is 33.5 Å². The molecule has 1 amide bonds. The van der Waals surface area contributed by atoms with Crippen molar-refractivity contribution in [3.63, 3.8) is 0 Å². The van der Waals surface area contributed by atoms with Crippen LogP contribution in [0, 0.1) is 0 Å². The van der Waals surface area contributed by atoms with Crippen LogP contribution in [0.5, 0.6) is 0 Å². The van der Waals surface area contributed by atoms with Crippen molar-refractivity contribution in [2.45, 2.75) is 6.92 Å². The van der Waals surface area contributed by atoms with Gasteiger partial charge in [0, 0.05) is 42.0 Å². The molecule has 0 aliphatic rings. The molecular formula is C30H26N4O2S. The third-order valence-corrected chi connectivity index (χ3v) is 7.29. The molecule has 3 aromatic carbocycles. The zero-order chi connectivity index (χ0) is 26.1. The molecule has 0 aliphatic heterocycles. The largest absolute Gasteiger partial charge is 0.397 e. The number of benzene rings is 3. The Hall–Kier alpha value is -4.49. The molecule has 0 aliphatic carbocycles. The summed E-state index contributed by atoms with van der Waals surface area (Å²) < 4.78 is 0. The van der Waals surface area contributed by atoms with Crippen molar-refractivity contribution in [2.75, 3.05) is 30.0 Å². The van der Waals surface area contributed by atoms with E-state index in [1.54, 1.807) is 24.3 Å². The highest BCUT2D eigenvalue weighted by molar-refractivity contribution is 7.21. The van der Waals surface area contributed by atoms with Crippen molar-refractivity contribution in [3.05, 3.63) is 95.4 Å². The third kappa shape index (κ3) is 4.81. The van der Waals surface area contributed by atoms with Crippen molar-refractivity contribution in [1.29, 1.82) is 0 Å². The zero-order valence-corrected chi connectivity index (χ0v) is 21.6. The van der Waals surface area contributed by atoms with Crippen LogP contribution in [0.3, 0.4) is 0 Å². The monoisotopic (exact) mass is 506 g/mol. The number of carbonyl (C=O) groups excluding carboxylic acids is 2. The fraction of sp³-hybridized carbons (Fsp3) is 0.100. The number of hydrogen-bond acceptors (Lipinski definition) is 6. The number of thiophene rings is 1. The molecule has 0 saturated heterocycles. The maximum absolute atomic E-state index is 13.3. The van der Waals surface area contributed by atoms with Gasteiger partial charge in [-0.1, -0.05) is 54.6 Å². The Morgan fingerprint density at radius 2 is 1.62 bits per heavy atom. The number of nitrogens with two attached hydrogens (primary N) is 1. The Morgan fingerprint density at radius 1 is 0.892 bits per heavy atom. The number of aromatic nitrogens is 1. The Morgan fingerprint density at radius 3 is 2.30 bits per heavy atom. The number of ketones is 1. The molecule has 3 N–H and O–H groups in total. The molecule has 5 rings (SSSR count). The van der Waals surface area contributed by atoms with Gasteiger partial charge in [0.25, 0.3) is 5.91 Å². The summed E-state index contributed by atoms with van der Waals surface area (Å²) in [7, 11) is 4.00. The van der Waals surface area contributed by atoms with Crippen LogP contribution in [0.1, 0.15) is 27.0 Å². The Bertz CT molecular complexity index is 1620. The SMILES string of the molecule is CC(=O)c1cccc(NC(=O)c2sc3nc(-c4ccccc4)cc(-c4ccc(N(C)C)cc4)c3c2N)c1. The number of rotatable bonds is 6. The topological polar surface area (TPSA) is 88.3 Å². The Balaban J connectivity index is 1.63. The van der Waals surface area contributed by atoms with Gasteiger partial charge >= 0.3 is 0 Å². The molecule has 0 bridgehead atoms. The molecule has 37 heavy (non-hydrogen) atoms. The molecule has 7 heteroatoms. The van der Waals surface area contributed by atoms with Gasteiger partial charge in [-0.25, -0.2) is 4.98 Å². The first-order chi connectivity index (χ1) is 17.8. The van der Waals surface area contributed by atoms with E-state index in [2.05, 4.69) is 29.6 Å². The standard InChI is InChI=1S/C30H26N4O2S/c1-18(35)21-10-7-11-22(16-21)32-29(36)28-27(31)26-24(19-12-14-23(15-13-19)34(2)3)17-25(33-30(26)37-28)20-8-5-4-6-9-20/h4-17H,31H2,1-3H3,(H,32,36). The molecule has 184 valence electrons. The summed E-state index contributed by atoms with van der Waals surface area (Å²) in [6.07, 6.45) is 0. The molecule has 0 radical (unpaired) electrons. The summed E-state index contributed by atoms with van der Waals surface area (Å²) in [4.78, 5) is 33.1. The van der Waals surface area contributed by atoms with Crippen molar-refractivity contribution in [1.82, 2.24) is 4.98 Å². The zero-order valence-electron chi connectivity index (χ0n) is 20.8. The van der Waals surface area contributed by atoms with Crippen molar-refractivity contribution >= 4 is 50.3 Å². The summed E-state index contributed by atoms with van der Waals surface area (Å²) in [5.74, 6) is -0.406. The van der Waals surface area contributed by atoms with Gasteiger partial charge in [0.2, 0.25) is 0 Å². The van der Waals surface area contributed by atoms with Crippen LogP contribution in [0.15, 0.2) is 84.9 Å². The van der Waals surface area contributed by atoms with E-state index < -0.39 is 0 Å². The molecule has 0 atom stereocenters. The van der Waals surface area contributed by atoms with Gasteiger partial charge in [0.1, 0.15) is 9.71 Å². The number of hydrogen-bond donors (Lipinski definition) is 2. The predicted octanol–water partition coefficient (Wildman–Crippen LogP) is 6.73. The minimum absolute atomic E-state index is 0.0694. The number of nitrogens with one attached hydrogen (secondary N) is 1. The lowest BCUT2D eigenvalue weighted by molar-refractivity contribution is 0.101. The highest BCUT2D eigenvalue weighted by atomic mass is 32.1. The van der Waals surface area contributed by atoms with Gasteiger partial charge in [-0.2, -0.15) is 0 Å². The van der Waals surface area contributed by atoms with Crippen LogP contribution in [-0.4, -0.2) is 30.8 Å². The van der Waals surface area contributed by atoms with Crippen LogP contribution >= 0.6 is 11.3 Å². The van der Waals surface area contributed by atoms with E-state index in [1.165, 1.54) is 18.3 Å². The van der Waals surface area contributed by atoms with Gasteiger partial charge in [-0.3, -0.25) is 9.59 Å². The molecule has 0 spiro atoms. The van der Waals surface area contributed by atoms with Crippen LogP contribution in [0.2, 0.25) is 0 Å². The predicted molar refractivity (Wildman–Crippen MR) is 154 cm³/mol. The van der Waals surface area contributed by atoms with E-state index in [-0.39, 0.29) is 11.7 Å². The maximum atomic E-state index is 13.3. The second-order valence-electron chi connectivity index (χ2n) is 8.98. The molecule has 2 aromatic heterocycles. The molecule has 0 saturated carbocycles. The first-order valence-corrected chi connectivity index (χ1v) is 12.6. The van der Waals surface area contributed by atoms with E-state index in [4.69, 9.17) is 10.7 Å². The average Bonchev–Trinajstić information content (AvgIpc) is 3.25. The van der Waals surface area contributed by atoms with Gasteiger partial charge in [-0.05, 0) is 48.4 Å². The first-order valence-electron chi connectivity index (χ1n) is 11.8. The Kier molecular flexibility index (Phi) is 6.46. The van der Waals surface area contributed by atoms with Crippen molar-refractivity contribution in [3.8, 4) is 22.4 Å². The van der Waals surface area contributed by atoms with Crippen LogP contribution in [-0.2, 0) is 0 Å². The molecule has 2 heterocycles. The third-order valence-electron chi connectivity index (χ3n) is 6.20. The van der Waals surface area contributed by atoms with Crippen LogP contribution in [0.25, 0.3) is 32.6 Å². The molecular weight excluding hydrogens is 480 g/mol. The minimum Gasteiger partial charge on any atom is -0.397 e. The number of Topliss-reactive ketones (excluding diaryl/α,β-unsaturated/α-hetero) is 1. The quantitative estimate of drug-likeness (QED) is 0.249. The van der Waals surface area contributed by atoms with E-state index in [1.807, 2.05) is 55.4 Å². The average molecular weight is 507 g/mol. The van der Waals surface area contributed by atoms with E-state index in [0.29, 0.717) is 26.6 Å². The van der Waals surface area contributed by atoms with Crippen molar-refractivity contribution < 1.29 is 9.59 Å². The first kappa shape index (κ1) is 24.2. The highest BCUT2D eigenvalue weighted by Gasteiger charge is 2.22. The number of carbonyl (C=O) groups is 2. The highest BCUT2D eigenvalue weighted by Crippen LogP contribution is 2.41. The van der Waals surface area contributed by atoms with Gasteiger partial charge < -0.3 is 16.0 Å². The molecule has 5 aromatic rings. The minimum atomic E-state index is -0.337. The van der Waals surface area contributed by atoms with E-state index in [9.17, 15) is 9.59 Å². The van der Waals surface area contributed by atoms with Gasteiger partial charge in [0.05, 0.1) is 11.4 Å². The smallest absolute Gasteiger partial charge is 0.267 e. The molecule has 0 unspecified atom stereocenters. The fourth-order valence-electron chi connectivity index (χ4n) is 4.22. The normalized spacial score (nSPS) is 10.9. The summed E-state index contributed by atoms with van der Waals surface area (Å²) in [5.41, 5.74) is 12.9. The van der Waals surface area contributed by atoms with Gasteiger partial charge in [0.15, 0.2) is 5.78 Å². The number of fused-ring (bicyclic) bond motifs is 1. The number of amides is 1. The summed E-state index contributed by atoms with van der Waals surface area (Å²) in [6, 6.07) is 27.1. The molecule has 6 nitrogen and oxygen atoms in total.